The van der Waals surface area contributed by atoms with Crippen LogP contribution in [0.15, 0.2) is 53.5 Å². The van der Waals surface area contributed by atoms with Gasteiger partial charge in [0.2, 0.25) is 5.91 Å². The third-order valence-corrected chi connectivity index (χ3v) is 4.76. The molecule has 2 aromatic carbocycles. The lowest BCUT2D eigenvalue weighted by Gasteiger charge is -2.20. The number of aliphatic imine (C=N–C) groups is 1. The van der Waals surface area contributed by atoms with E-state index in [0.717, 1.165) is 18.7 Å². The summed E-state index contributed by atoms with van der Waals surface area (Å²) in [7, 11) is 7.12. The van der Waals surface area contributed by atoms with Crippen molar-refractivity contribution in [3.8, 4) is 11.5 Å². The number of ether oxygens (including phenoxy) is 2. The number of hydrogen-bond acceptors (Lipinski definition) is 5. The summed E-state index contributed by atoms with van der Waals surface area (Å²) in [5, 5.41) is 6.58. The minimum absolute atomic E-state index is 0.0563. The monoisotopic (exact) mass is 441 g/mol. The van der Waals surface area contributed by atoms with Crippen molar-refractivity contribution in [2.45, 2.75) is 13.3 Å². The Morgan fingerprint density at radius 3 is 2.47 bits per heavy atom. The quantitative estimate of drug-likeness (QED) is 0.317. The summed E-state index contributed by atoms with van der Waals surface area (Å²) in [5.74, 6) is 1.78. The Hall–Kier alpha value is -3.42. The first-order valence-electron chi connectivity index (χ1n) is 10.8. The molecule has 0 spiro atoms. The second-order valence-corrected chi connectivity index (χ2v) is 7.41. The lowest BCUT2D eigenvalue weighted by Crippen LogP contribution is -2.35. The van der Waals surface area contributed by atoms with Gasteiger partial charge >= 0.3 is 0 Å². The molecule has 0 aliphatic rings. The highest BCUT2D eigenvalue weighted by Gasteiger charge is 2.09. The predicted molar refractivity (Wildman–Crippen MR) is 131 cm³/mol. The molecule has 32 heavy (non-hydrogen) atoms. The number of para-hydroxylation sites is 1. The van der Waals surface area contributed by atoms with Crippen molar-refractivity contribution in [3.05, 3.63) is 48.5 Å². The van der Waals surface area contributed by atoms with E-state index < -0.39 is 0 Å². The van der Waals surface area contributed by atoms with Gasteiger partial charge in [0.05, 0.1) is 13.7 Å². The molecule has 8 heteroatoms. The Kier molecular flexibility index (Phi) is 10.2. The van der Waals surface area contributed by atoms with E-state index in [0.29, 0.717) is 30.6 Å². The molecule has 0 atom stereocenters. The number of carbonyl (C=O) groups excluding carboxylic acids is 1. The molecule has 0 saturated heterocycles. The largest absolute Gasteiger partial charge is 0.493 e. The molecular weight excluding hydrogens is 406 g/mol. The normalized spacial score (nSPS) is 11.0. The van der Waals surface area contributed by atoms with E-state index in [1.54, 1.807) is 21.2 Å². The van der Waals surface area contributed by atoms with Gasteiger partial charge in [-0.25, -0.2) is 4.99 Å². The summed E-state index contributed by atoms with van der Waals surface area (Å²) in [4.78, 5) is 20.2. The maximum Gasteiger partial charge on any atom is 0.243 e. The fourth-order valence-corrected chi connectivity index (χ4v) is 2.92. The number of guanidine groups is 1. The third kappa shape index (κ3) is 8.02. The summed E-state index contributed by atoms with van der Waals surface area (Å²) in [6.45, 7) is 4.10. The van der Waals surface area contributed by atoms with Crippen LogP contribution in [0.5, 0.6) is 11.5 Å². The summed E-state index contributed by atoms with van der Waals surface area (Å²) in [5.41, 5.74) is 1.97. The SMILES string of the molecule is CCOc1cc(NC(=NCC(=O)N(C)C)NCCCN(C)c2ccccc2)ccc1OC. The van der Waals surface area contributed by atoms with E-state index in [9.17, 15) is 4.79 Å². The summed E-state index contributed by atoms with van der Waals surface area (Å²) < 4.78 is 11.0. The summed E-state index contributed by atoms with van der Waals surface area (Å²) in [6, 6.07) is 15.8. The van der Waals surface area contributed by atoms with Gasteiger partial charge in [-0.3, -0.25) is 4.79 Å². The van der Waals surface area contributed by atoms with E-state index in [4.69, 9.17) is 9.47 Å². The van der Waals surface area contributed by atoms with Crippen LogP contribution < -0.4 is 25.0 Å². The zero-order chi connectivity index (χ0) is 23.3. The van der Waals surface area contributed by atoms with E-state index >= 15 is 0 Å². The number of nitrogens with one attached hydrogen (secondary N) is 2. The van der Waals surface area contributed by atoms with Gasteiger partial charge in [0.15, 0.2) is 17.5 Å². The molecule has 0 bridgehead atoms. The second kappa shape index (κ2) is 13.1. The summed E-state index contributed by atoms with van der Waals surface area (Å²) in [6.07, 6.45) is 0.903. The molecule has 0 fully saturated rings. The Morgan fingerprint density at radius 2 is 1.81 bits per heavy atom. The molecule has 2 N–H and O–H groups in total. The van der Waals surface area contributed by atoms with Crippen molar-refractivity contribution in [1.82, 2.24) is 10.2 Å². The van der Waals surface area contributed by atoms with Crippen molar-refractivity contribution in [1.29, 1.82) is 0 Å². The maximum absolute atomic E-state index is 12.0. The highest BCUT2D eigenvalue weighted by atomic mass is 16.5. The van der Waals surface area contributed by atoms with Crippen molar-refractivity contribution >= 4 is 23.2 Å². The molecule has 0 aliphatic carbocycles. The lowest BCUT2D eigenvalue weighted by molar-refractivity contribution is -0.127. The first-order valence-corrected chi connectivity index (χ1v) is 10.8. The number of anilines is 2. The van der Waals surface area contributed by atoms with Gasteiger partial charge in [0.25, 0.3) is 0 Å². The Morgan fingerprint density at radius 1 is 1.06 bits per heavy atom. The molecule has 174 valence electrons. The number of amides is 1. The molecule has 0 aliphatic heterocycles. The zero-order valence-corrected chi connectivity index (χ0v) is 19.7. The highest BCUT2D eigenvalue weighted by molar-refractivity contribution is 5.95. The van der Waals surface area contributed by atoms with Gasteiger partial charge < -0.3 is 29.9 Å². The Balaban J connectivity index is 2.02. The minimum atomic E-state index is -0.0698. The van der Waals surface area contributed by atoms with Crippen LogP contribution in [0, 0.1) is 0 Å². The average Bonchev–Trinajstić information content (AvgIpc) is 2.80. The van der Waals surface area contributed by atoms with E-state index in [2.05, 4.69) is 39.7 Å². The summed E-state index contributed by atoms with van der Waals surface area (Å²) >= 11 is 0. The van der Waals surface area contributed by atoms with Crippen molar-refractivity contribution in [2.24, 2.45) is 4.99 Å². The predicted octanol–water partition coefficient (Wildman–Crippen LogP) is 3.07. The van der Waals surface area contributed by atoms with Gasteiger partial charge in [-0.15, -0.1) is 0 Å². The Bertz CT molecular complexity index is 871. The number of rotatable bonds is 11. The molecule has 2 rings (SSSR count). The number of hydrogen-bond donors (Lipinski definition) is 2. The van der Waals surface area contributed by atoms with Crippen molar-refractivity contribution in [3.63, 3.8) is 0 Å². The zero-order valence-electron chi connectivity index (χ0n) is 19.7. The second-order valence-electron chi connectivity index (χ2n) is 7.41. The minimum Gasteiger partial charge on any atom is -0.493 e. The van der Waals surface area contributed by atoms with Crippen LogP contribution in [0.2, 0.25) is 0 Å². The maximum atomic E-state index is 12.0. The van der Waals surface area contributed by atoms with Crippen LogP contribution in [0.1, 0.15) is 13.3 Å². The number of carbonyl (C=O) groups is 1. The fourth-order valence-electron chi connectivity index (χ4n) is 2.92. The molecule has 0 unspecified atom stereocenters. The van der Waals surface area contributed by atoms with Gasteiger partial charge in [-0.1, -0.05) is 18.2 Å². The third-order valence-electron chi connectivity index (χ3n) is 4.76. The average molecular weight is 442 g/mol. The first kappa shape index (κ1) is 24.8. The smallest absolute Gasteiger partial charge is 0.243 e. The van der Waals surface area contributed by atoms with E-state index in [1.807, 2.05) is 43.3 Å². The molecule has 8 nitrogen and oxygen atoms in total. The molecule has 0 radical (unpaired) electrons. The first-order chi connectivity index (χ1) is 15.4. The number of likely N-dealkylation sites (N-methyl/N-ethyl adjacent to an activating group) is 1. The van der Waals surface area contributed by atoms with E-state index in [1.165, 1.54) is 10.6 Å². The molecule has 1 amide bonds. The number of methoxy groups -OCH3 is 1. The standard InChI is InChI=1S/C24H35N5O3/c1-6-32-22-17-19(13-14-21(22)31-5)27-24(26-18-23(30)28(2)3)25-15-10-16-29(4)20-11-8-7-9-12-20/h7-9,11-14,17H,6,10,15-16,18H2,1-5H3,(H2,25,26,27). The van der Waals surface area contributed by atoms with Crippen LogP contribution in [-0.2, 0) is 4.79 Å². The van der Waals surface area contributed by atoms with Crippen molar-refractivity contribution in [2.75, 3.05) is 64.7 Å². The molecule has 0 aromatic heterocycles. The topological polar surface area (TPSA) is 78.4 Å². The van der Waals surface area contributed by atoms with E-state index in [-0.39, 0.29) is 12.5 Å². The lowest BCUT2D eigenvalue weighted by atomic mass is 10.2. The van der Waals surface area contributed by atoms with Crippen LogP contribution in [0.4, 0.5) is 11.4 Å². The molecule has 0 saturated carbocycles. The van der Waals surface area contributed by atoms with Crippen LogP contribution in [-0.4, -0.2) is 71.3 Å². The number of nitrogens with zero attached hydrogens (tertiary/aromatic N) is 3. The number of benzene rings is 2. The molecule has 0 heterocycles. The van der Waals surface area contributed by atoms with Crippen LogP contribution in [0.3, 0.4) is 0 Å². The van der Waals surface area contributed by atoms with Crippen LogP contribution >= 0.6 is 0 Å². The van der Waals surface area contributed by atoms with Crippen LogP contribution in [0.25, 0.3) is 0 Å². The van der Waals surface area contributed by atoms with Crippen molar-refractivity contribution < 1.29 is 14.3 Å². The molecular formula is C24H35N5O3. The van der Waals surface area contributed by atoms with Gasteiger partial charge in [0.1, 0.15) is 6.54 Å². The highest BCUT2D eigenvalue weighted by Crippen LogP contribution is 2.30. The Labute approximate surface area is 191 Å². The molecule has 2 aromatic rings. The van der Waals surface area contributed by atoms with Gasteiger partial charge in [-0.2, -0.15) is 0 Å². The van der Waals surface area contributed by atoms with Gasteiger partial charge in [-0.05, 0) is 37.6 Å². The fraction of sp³-hybridized carbons (Fsp3) is 0.417. The van der Waals surface area contributed by atoms with Gasteiger partial charge in [0, 0.05) is 51.7 Å².